The molecule has 4 nitrogen and oxygen atoms in total. The summed E-state index contributed by atoms with van der Waals surface area (Å²) in [6, 6.07) is 0. The second kappa shape index (κ2) is 6.86. The predicted molar refractivity (Wildman–Crippen MR) is 50.6 cm³/mol. The number of nitrogens with zero attached hydrogens (tertiary/aromatic N) is 1. The second-order valence-electron chi connectivity index (χ2n) is 3.03. The van der Waals surface area contributed by atoms with Gasteiger partial charge in [0.05, 0.1) is 12.5 Å². The van der Waals surface area contributed by atoms with E-state index in [0.717, 1.165) is 19.6 Å². The molecular formula is C9H19NO3. The Morgan fingerprint density at radius 2 is 1.92 bits per heavy atom. The Hall–Kier alpha value is -0.610. The quantitative estimate of drug-likeness (QED) is 0.609. The smallest absolute Gasteiger partial charge is 0.308 e. The van der Waals surface area contributed by atoms with Crippen LogP contribution in [0.4, 0.5) is 0 Å². The summed E-state index contributed by atoms with van der Waals surface area (Å²) in [6.45, 7) is 6.40. The molecule has 0 amide bonds. The van der Waals surface area contributed by atoms with Crippen LogP contribution in [-0.4, -0.2) is 47.3 Å². The summed E-state index contributed by atoms with van der Waals surface area (Å²) in [6.07, 6.45) is 0.521. The van der Waals surface area contributed by atoms with Gasteiger partial charge in [-0.05, 0) is 26.1 Å². The Morgan fingerprint density at radius 3 is 2.23 bits per heavy atom. The first-order valence-electron chi connectivity index (χ1n) is 4.71. The van der Waals surface area contributed by atoms with Crippen LogP contribution in [-0.2, 0) is 4.79 Å². The lowest BCUT2D eigenvalue weighted by molar-refractivity contribution is -0.143. The van der Waals surface area contributed by atoms with E-state index in [2.05, 4.69) is 4.90 Å². The molecule has 78 valence electrons. The average molecular weight is 189 g/mol. The molecule has 2 N–H and O–H groups in total. The molecule has 0 bridgehead atoms. The molecule has 4 heteroatoms. The molecule has 0 aliphatic rings. The molecule has 0 aromatic heterocycles. The number of aliphatic hydroxyl groups is 1. The van der Waals surface area contributed by atoms with Crippen LogP contribution in [0.3, 0.4) is 0 Å². The summed E-state index contributed by atoms with van der Waals surface area (Å²) < 4.78 is 0. The highest BCUT2D eigenvalue weighted by atomic mass is 16.4. The van der Waals surface area contributed by atoms with E-state index in [0.29, 0.717) is 6.42 Å². The average Bonchev–Trinajstić information content (AvgIpc) is 2.12. The maximum atomic E-state index is 10.5. The van der Waals surface area contributed by atoms with E-state index in [-0.39, 0.29) is 6.61 Å². The molecule has 13 heavy (non-hydrogen) atoms. The van der Waals surface area contributed by atoms with Crippen molar-refractivity contribution in [2.24, 2.45) is 5.92 Å². The number of rotatable bonds is 7. The van der Waals surface area contributed by atoms with Crippen LogP contribution in [0.15, 0.2) is 0 Å². The molecule has 0 aliphatic carbocycles. The van der Waals surface area contributed by atoms with Gasteiger partial charge in [0.1, 0.15) is 0 Å². The molecule has 0 fully saturated rings. The lowest BCUT2D eigenvalue weighted by Crippen LogP contribution is -2.28. The van der Waals surface area contributed by atoms with Crippen molar-refractivity contribution in [3.8, 4) is 0 Å². The molecule has 1 atom stereocenters. The third-order valence-electron chi connectivity index (χ3n) is 2.26. The van der Waals surface area contributed by atoms with Crippen LogP contribution in [0, 0.1) is 5.92 Å². The van der Waals surface area contributed by atoms with Gasteiger partial charge in [-0.3, -0.25) is 4.79 Å². The maximum absolute atomic E-state index is 10.5. The largest absolute Gasteiger partial charge is 0.481 e. The first-order chi connectivity index (χ1) is 6.15. The standard InChI is InChI=1S/C9H19NO3/c1-3-10(4-2)6-5-8(7-11)9(12)13/h8,11H,3-7H2,1-2H3,(H,12,13). The molecular weight excluding hydrogens is 170 g/mol. The molecule has 0 spiro atoms. The van der Waals surface area contributed by atoms with Gasteiger partial charge in [0.15, 0.2) is 0 Å². The van der Waals surface area contributed by atoms with Gasteiger partial charge in [0.25, 0.3) is 0 Å². The maximum Gasteiger partial charge on any atom is 0.308 e. The van der Waals surface area contributed by atoms with Crippen LogP contribution in [0.1, 0.15) is 20.3 Å². The summed E-state index contributed by atoms with van der Waals surface area (Å²) in [4.78, 5) is 12.7. The van der Waals surface area contributed by atoms with E-state index >= 15 is 0 Å². The third kappa shape index (κ3) is 4.85. The first-order valence-corrected chi connectivity index (χ1v) is 4.71. The Morgan fingerprint density at radius 1 is 1.38 bits per heavy atom. The van der Waals surface area contributed by atoms with Crippen molar-refractivity contribution in [3.63, 3.8) is 0 Å². The van der Waals surface area contributed by atoms with Gasteiger partial charge in [0.2, 0.25) is 0 Å². The van der Waals surface area contributed by atoms with Crippen molar-refractivity contribution >= 4 is 5.97 Å². The molecule has 0 aromatic carbocycles. The fourth-order valence-electron chi connectivity index (χ4n) is 1.17. The number of carboxylic acid groups (broad SMARTS) is 1. The summed E-state index contributed by atoms with van der Waals surface area (Å²) in [5.74, 6) is -1.52. The number of carboxylic acids is 1. The Kier molecular flexibility index (Phi) is 6.54. The van der Waals surface area contributed by atoms with Crippen molar-refractivity contribution in [2.45, 2.75) is 20.3 Å². The van der Waals surface area contributed by atoms with Gasteiger partial charge in [0, 0.05) is 0 Å². The minimum atomic E-state index is -0.908. The predicted octanol–water partition coefficient (Wildman–Crippen LogP) is 0.411. The number of carbonyl (C=O) groups is 1. The zero-order valence-electron chi connectivity index (χ0n) is 8.36. The van der Waals surface area contributed by atoms with Gasteiger partial charge in [-0.25, -0.2) is 0 Å². The zero-order chi connectivity index (χ0) is 10.3. The topological polar surface area (TPSA) is 60.8 Å². The van der Waals surface area contributed by atoms with Crippen molar-refractivity contribution in [1.82, 2.24) is 4.90 Å². The fraction of sp³-hybridized carbons (Fsp3) is 0.889. The Labute approximate surface area is 79.2 Å². The number of hydrogen-bond acceptors (Lipinski definition) is 3. The Bertz CT molecular complexity index is 146. The van der Waals surface area contributed by atoms with Gasteiger partial charge < -0.3 is 15.1 Å². The molecule has 0 rings (SSSR count). The first kappa shape index (κ1) is 12.4. The second-order valence-corrected chi connectivity index (χ2v) is 3.03. The monoisotopic (exact) mass is 189 g/mol. The van der Waals surface area contributed by atoms with Crippen LogP contribution in [0.25, 0.3) is 0 Å². The SMILES string of the molecule is CCN(CC)CCC(CO)C(=O)O. The van der Waals surface area contributed by atoms with E-state index in [1.165, 1.54) is 0 Å². The van der Waals surface area contributed by atoms with Crippen molar-refractivity contribution in [1.29, 1.82) is 0 Å². The highest BCUT2D eigenvalue weighted by Gasteiger charge is 2.16. The van der Waals surface area contributed by atoms with Crippen LogP contribution in [0.2, 0.25) is 0 Å². The minimum Gasteiger partial charge on any atom is -0.481 e. The molecule has 1 unspecified atom stereocenters. The van der Waals surface area contributed by atoms with Gasteiger partial charge >= 0.3 is 5.97 Å². The summed E-state index contributed by atoms with van der Waals surface area (Å²) >= 11 is 0. The van der Waals surface area contributed by atoms with Gasteiger partial charge in [-0.2, -0.15) is 0 Å². The van der Waals surface area contributed by atoms with Crippen LogP contribution in [0.5, 0.6) is 0 Å². The lowest BCUT2D eigenvalue weighted by Gasteiger charge is -2.19. The van der Waals surface area contributed by atoms with Crippen molar-refractivity contribution < 1.29 is 15.0 Å². The zero-order valence-corrected chi connectivity index (χ0v) is 8.36. The number of aliphatic hydroxyl groups excluding tert-OH is 1. The van der Waals surface area contributed by atoms with E-state index in [4.69, 9.17) is 10.2 Å². The molecule has 0 radical (unpaired) electrons. The van der Waals surface area contributed by atoms with E-state index < -0.39 is 11.9 Å². The normalized spacial score (nSPS) is 13.2. The molecule has 0 saturated carbocycles. The highest BCUT2D eigenvalue weighted by molar-refractivity contribution is 5.70. The van der Waals surface area contributed by atoms with E-state index in [1.807, 2.05) is 13.8 Å². The number of aliphatic carboxylic acids is 1. The summed E-state index contributed by atoms with van der Waals surface area (Å²) in [5.41, 5.74) is 0. The molecule has 0 aromatic rings. The van der Waals surface area contributed by atoms with E-state index in [1.54, 1.807) is 0 Å². The van der Waals surface area contributed by atoms with Crippen LogP contribution < -0.4 is 0 Å². The van der Waals surface area contributed by atoms with E-state index in [9.17, 15) is 4.79 Å². The van der Waals surface area contributed by atoms with Gasteiger partial charge in [-0.15, -0.1) is 0 Å². The lowest BCUT2D eigenvalue weighted by atomic mass is 10.1. The van der Waals surface area contributed by atoms with Crippen LogP contribution >= 0.6 is 0 Å². The number of hydrogen-bond donors (Lipinski definition) is 2. The highest BCUT2D eigenvalue weighted by Crippen LogP contribution is 2.03. The molecule has 0 saturated heterocycles. The summed E-state index contributed by atoms with van der Waals surface area (Å²) in [7, 11) is 0. The minimum absolute atomic E-state index is 0.267. The molecule has 0 aliphatic heterocycles. The molecule has 0 heterocycles. The van der Waals surface area contributed by atoms with Gasteiger partial charge in [-0.1, -0.05) is 13.8 Å². The fourth-order valence-corrected chi connectivity index (χ4v) is 1.17. The summed E-state index contributed by atoms with van der Waals surface area (Å²) in [5, 5.41) is 17.4. The van der Waals surface area contributed by atoms with Crippen molar-refractivity contribution in [2.75, 3.05) is 26.2 Å². The van der Waals surface area contributed by atoms with Crippen molar-refractivity contribution in [3.05, 3.63) is 0 Å². The third-order valence-corrected chi connectivity index (χ3v) is 2.26. The Balaban J connectivity index is 3.76.